The maximum Gasteiger partial charge on any atom is 1.00 e. The number of carbonyl (C=O) groups excluding carboxylic acids is 1. The molecule has 0 aliphatic carbocycles. The Balaban J connectivity index is -0.000000143. The van der Waals surface area contributed by atoms with Gasteiger partial charge in [0.1, 0.15) is 0 Å². The van der Waals surface area contributed by atoms with Gasteiger partial charge in [-0.2, -0.15) is 0 Å². The molecule has 0 heterocycles. The van der Waals surface area contributed by atoms with Crippen molar-refractivity contribution >= 4 is 11.9 Å². The number of hydrogen-bond acceptors (Lipinski definition) is 3. The van der Waals surface area contributed by atoms with Gasteiger partial charge in [0.2, 0.25) is 0 Å². The van der Waals surface area contributed by atoms with E-state index in [9.17, 15) is 14.7 Å². The molecule has 0 aliphatic rings. The third-order valence-electron chi connectivity index (χ3n) is 0.714. The number of carboxylic acids is 2. The van der Waals surface area contributed by atoms with Gasteiger partial charge < -0.3 is 15.0 Å². The Morgan fingerprint density at radius 2 is 1.31 bits per heavy atom. The molecule has 0 saturated heterocycles. The second-order valence-electron chi connectivity index (χ2n) is 2.15. The van der Waals surface area contributed by atoms with Crippen LogP contribution >= 0.6 is 0 Å². The summed E-state index contributed by atoms with van der Waals surface area (Å²) in [5.74, 6) is -2.12. The fraction of sp³-hybridized carbons (Fsp3) is 0.250. The Labute approximate surface area is 99.2 Å². The van der Waals surface area contributed by atoms with Crippen LogP contribution in [0.25, 0.3) is 0 Å². The molecule has 0 atom stereocenters. The summed E-state index contributed by atoms with van der Waals surface area (Å²) in [7, 11) is 0. The molecule has 0 unspecified atom stereocenters. The van der Waals surface area contributed by atoms with E-state index in [1.54, 1.807) is 0 Å². The zero-order valence-electron chi connectivity index (χ0n) is 8.09. The van der Waals surface area contributed by atoms with Gasteiger partial charge in [-0.15, -0.1) is 0 Å². The molecule has 5 heteroatoms. The largest absolute Gasteiger partial charge is 1.00 e. The minimum Gasteiger partial charge on any atom is -0.545 e. The Morgan fingerprint density at radius 1 is 1.15 bits per heavy atom. The van der Waals surface area contributed by atoms with Gasteiger partial charge in [-0.1, -0.05) is 13.2 Å². The normalized spacial score (nSPS) is 6.92. The number of aliphatic carboxylic acids is 2. The van der Waals surface area contributed by atoms with E-state index >= 15 is 0 Å². The molecule has 0 aromatic carbocycles. The van der Waals surface area contributed by atoms with E-state index in [0.29, 0.717) is 0 Å². The third-order valence-corrected chi connectivity index (χ3v) is 0.714. The monoisotopic (exact) mass is 194 g/mol. The molecule has 0 spiro atoms. The SMILES string of the molecule is C=C(C)C(=O)O.C=C(C)C(=O)[O-].[Na+]. The van der Waals surface area contributed by atoms with Crippen molar-refractivity contribution in [3.63, 3.8) is 0 Å². The number of hydrogen-bond donors (Lipinski definition) is 1. The Bertz CT molecular complexity index is 172. The van der Waals surface area contributed by atoms with Crippen LogP contribution in [0.15, 0.2) is 24.3 Å². The standard InChI is InChI=1S/2C4H6O2.Na/c2*1-3(2)4(5)6;/h2*1H2,2H3,(H,5,6);/q;;+1/p-1. The first kappa shape index (κ1) is 18.3. The topological polar surface area (TPSA) is 77.4 Å². The molecule has 0 aliphatic heterocycles. The molecule has 13 heavy (non-hydrogen) atoms. The van der Waals surface area contributed by atoms with Crippen LogP contribution in [0.1, 0.15) is 13.8 Å². The minimum absolute atomic E-state index is 0. The number of rotatable bonds is 2. The van der Waals surface area contributed by atoms with Crippen molar-refractivity contribution in [1.82, 2.24) is 0 Å². The average Bonchev–Trinajstić information content (AvgIpc) is 1.88. The molecule has 0 aromatic rings. The predicted octanol–water partition coefficient (Wildman–Crippen LogP) is -3.04. The van der Waals surface area contributed by atoms with Crippen LogP contribution in [0.2, 0.25) is 0 Å². The zero-order chi connectivity index (χ0) is 10.3. The molecule has 0 saturated carbocycles. The summed E-state index contributed by atoms with van der Waals surface area (Å²) < 4.78 is 0. The van der Waals surface area contributed by atoms with Crippen LogP contribution < -0.4 is 34.7 Å². The van der Waals surface area contributed by atoms with Crippen molar-refractivity contribution in [3.05, 3.63) is 24.3 Å². The van der Waals surface area contributed by atoms with Crippen molar-refractivity contribution in [1.29, 1.82) is 0 Å². The number of carboxylic acid groups (broad SMARTS) is 2. The minimum atomic E-state index is -1.19. The van der Waals surface area contributed by atoms with E-state index in [2.05, 4.69) is 13.2 Å². The summed E-state index contributed by atoms with van der Waals surface area (Å²) in [6.07, 6.45) is 0. The van der Waals surface area contributed by atoms with Gasteiger partial charge in [0.15, 0.2) is 0 Å². The van der Waals surface area contributed by atoms with E-state index in [-0.39, 0.29) is 40.7 Å². The molecule has 0 radical (unpaired) electrons. The fourth-order valence-corrected chi connectivity index (χ4v) is 0. The van der Waals surface area contributed by atoms with Crippen molar-refractivity contribution in [3.8, 4) is 0 Å². The van der Waals surface area contributed by atoms with Crippen molar-refractivity contribution < 1.29 is 49.4 Å². The predicted molar refractivity (Wildman–Crippen MR) is 42.3 cm³/mol. The fourth-order valence-electron chi connectivity index (χ4n) is 0. The summed E-state index contributed by atoms with van der Waals surface area (Å²) >= 11 is 0. The molecule has 0 fully saturated rings. The molecular formula is C8H11NaO4. The van der Waals surface area contributed by atoms with E-state index in [1.165, 1.54) is 13.8 Å². The zero-order valence-corrected chi connectivity index (χ0v) is 10.1. The first-order valence-electron chi connectivity index (χ1n) is 3.04. The first-order chi connectivity index (χ1) is 5.29. The van der Waals surface area contributed by atoms with Gasteiger partial charge in [0.25, 0.3) is 0 Å². The van der Waals surface area contributed by atoms with Crippen LogP contribution in [0, 0.1) is 0 Å². The second-order valence-corrected chi connectivity index (χ2v) is 2.15. The molecule has 4 nitrogen and oxygen atoms in total. The maximum absolute atomic E-state index is 9.60. The van der Waals surface area contributed by atoms with E-state index in [1.807, 2.05) is 0 Å². The molecule has 0 bridgehead atoms. The van der Waals surface area contributed by atoms with Crippen LogP contribution in [-0.4, -0.2) is 17.0 Å². The Morgan fingerprint density at radius 3 is 1.31 bits per heavy atom. The quantitative estimate of drug-likeness (QED) is 0.374. The van der Waals surface area contributed by atoms with E-state index in [4.69, 9.17) is 5.11 Å². The van der Waals surface area contributed by atoms with Crippen molar-refractivity contribution in [2.75, 3.05) is 0 Å². The smallest absolute Gasteiger partial charge is 0.545 e. The van der Waals surface area contributed by atoms with Crippen molar-refractivity contribution in [2.24, 2.45) is 0 Å². The van der Waals surface area contributed by atoms with Crippen molar-refractivity contribution in [2.45, 2.75) is 13.8 Å². The van der Waals surface area contributed by atoms with Gasteiger partial charge in [-0.3, -0.25) is 0 Å². The van der Waals surface area contributed by atoms with Crippen LogP contribution in [0.4, 0.5) is 0 Å². The van der Waals surface area contributed by atoms with Gasteiger partial charge >= 0.3 is 35.5 Å². The summed E-state index contributed by atoms with van der Waals surface area (Å²) in [5.41, 5.74) is 0.241. The second kappa shape index (κ2) is 9.51. The van der Waals surface area contributed by atoms with Crippen LogP contribution in [0.3, 0.4) is 0 Å². The van der Waals surface area contributed by atoms with Crippen LogP contribution in [0.5, 0.6) is 0 Å². The van der Waals surface area contributed by atoms with Gasteiger partial charge in [-0.25, -0.2) is 4.79 Å². The van der Waals surface area contributed by atoms with E-state index in [0.717, 1.165) is 0 Å². The molecule has 0 amide bonds. The number of carbonyl (C=O) groups is 2. The maximum atomic E-state index is 9.60. The summed E-state index contributed by atoms with van der Waals surface area (Å²) in [5, 5.41) is 17.4. The third kappa shape index (κ3) is 18.4. The van der Waals surface area contributed by atoms with Crippen LogP contribution in [-0.2, 0) is 9.59 Å². The molecule has 68 valence electrons. The Hall–Kier alpha value is -0.580. The molecule has 0 rings (SSSR count). The summed E-state index contributed by atoms with van der Waals surface area (Å²) in [6.45, 7) is 9.08. The molecule has 1 N–H and O–H groups in total. The van der Waals surface area contributed by atoms with E-state index < -0.39 is 11.9 Å². The van der Waals surface area contributed by atoms with Gasteiger partial charge in [0.05, 0.1) is 5.97 Å². The summed E-state index contributed by atoms with van der Waals surface area (Å²) in [6, 6.07) is 0. The van der Waals surface area contributed by atoms with Gasteiger partial charge in [0, 0.05) is 5.57 Å². The molecular weight excluding hydrogens is 183 g/mol. The molecule has 0 aromatic heterocycles. The summed E-state index contributed by atoms with van der Waals surface area (Å²) in [4.78, 5) is 19.1. The average molecular weight is 194 g/mol. The van der Waals surface area contributed by atoms with Gasteiger partial charge in [-0.05, 0) is 19.4 Å². The first-order valence-corrected chi connectivity index (χ1v) is 3.04. The Kier molecular flexibility index (Phi) is 13.3.